The standard InChI is InChI=1S/C17H24O/c1-3-4-14-5-9-16(10-6-14)17-11-7-15(8-12-17)13-18-2/h3,7-8,11-12,14,16H,1,4-6,9-10,13H2,2H3/t14-,16-. The summed E-state index contributed by atoms with van der Waals surface area (Å²) in [5, 5.41) is 0. The maximum Gasteiger partial charge on any atom is 0.0713 e. The largest absolute Gasteiger partial charge is 0.380 e. The lowest BCUT2D eigenvalue weighted by molar-refractivity contribution is 0.185. The molecule has 0 N–H and O–H groups in total. The SMILES string of the molecule is C=CC[C@H]1CC[C@H](c2ccc(COC)cc2)CC1. The minimum Gasteiger partial charge on any atom is -0.380 e. The third kappa shape index (κ3) is 3.46. The van der Waals surface area contributed by atoms with E-state index in [1.54, 1.807) is 7.11 Å². The Balaban J connectivity index is 1.90. The van der Waals surface area contributed by atoms with Crippen LogP contribution in [0, 0.1) is 5.92 Å². The summed E-state index contributed by atoms with van der Waals surface area (Å²) in [6.45, 7) is 4.56. The molecule has 1 aromatic rings. The molecule has 1 nitrogen and oxygen atoms in total. The highest BCUT2D eigenvalue weighted by Gasteiger charge is 2.21. The number of hydrogen-bond donors (Lipinski definition) is 0. The van der Waals surface area contributed by atoms with Crippen LogP contribution in [-0.2, 0) is 11.3 Å². The lowest BCUT2D eigenvalue weighted by Gasteiger charge is -2.28. The van der Waals surface area contributed by atoms with Crippen molar-refractivity contribution in [3.63, 3.8) is 0 Å². The molecule has 0 unspecified atom stereocenters. The number of methoxy groups -OCH3 is 1. The zero-order chi connectivity index (χ0) is 12.8. The smallest absolute Gasteiger partial charge is 0.0713 e. The minimum atomic E-state index is 0.715. The van der Waals surface area contributed by atoms with Gasteiger partial charge in [-0.3, -0.25) is 0 Å². The summed E-state index contributed by atoms with van der Waals surface area (Å²) in [6.07, 6.45) is 8.65. The quantitative estimate of drug-likeness (QED) is 0.683. The van der Waals surface area contributed by atoms with Crippen molar-refractivity contribution in [1.29, 1.82) is 0 Å². The van der Waals surface area contributed by atoms with Crippen LogP contribution in [0.2, 0.25) is 0 Å². The highest BCUT2D eigenvalue weighted by molar-refractivity contribution is 5.25. The molecule has 98 valence electrons. The molecule has 0 saturated heterocycles. The van der Waals surface area contributed by atoms with Gasteiger partial charge in [0.25, 0.3) is 0 Å². The van der Waals surface area contributed by atoms with Crippen LogP contribution in [0.5, 0.6) is 0 Å². The maximum atomic E-state index is 5.14. The van der Waals surface area contributed by atoms with Crippen molar-refractivity contribution < 1.29 is 4.74 Å². The maximum absolute atomic E-state index is 5.14. The fourth-order valence-corrected chi connectivity index (χ4v) is 3.02. The van der Waals surface area contributed by atoms with Gasteiger partial charge in [0.05, 0.1) is 6.61 Å². The number of rotatable bonds is 5. The van der Waals surface area contributed by atoms with Gasteiger partial charge in [-0.1, -0.05) is 30.3 Å². The van der Waals surface area contributed by atoms with Gasteiger partial charge in [-0.05, 0) is 55.1 Å². The lowest BCUT2D eigenvalue weighted by Crippen LogP contribution is -2.12. The van der Waals surface area contributed by atoms with Crippen molar-refractivity contribution in [2.45, 2.75) is 44.6 Å². The summed E-state index contributed by atoms with van der Waals surface area (Å²) < 4.78 is 5.14. The average molecular weight is 244 g/mol. The Morgan fingerprint density at radius 1 is 1.17 bits per heavy atom. The first-order valence-electron chi connectivity index (χ1n) is 7.02. The van der Waals surface area contributed by atoms with Crippen LogP contribution in [0.25, 0.3) is 0 Å². The summed E-state index contributed by atoms with van der Waals surface area (Å²) in [5.74, 6) is 1.65. The molecule has 0 heterocycles. The van der Waals surface area contributed by atoms with E-state index in [9.17, 15) is 0 Å². The number of hydrogen-bond acceptors (Lipinski definition) is 1. The Kier molecular flexibility index (Phi) is 5.00. The van der Waals surface area contributed by atoms with E-state index in [4.69, 9.17) is 4.74 Å². The second kappa shape index (κ2) is 6.75. The zero-order valence-corrected chi connectivity index (χ0v) is 11.4. The molecule has 1 fully saturated rings. The van der Waals surface area contributed by atoms with Gasteiger partial charge in [0.2, 0.25) is 0 Å². The Morgan fingerprint density at radius 2 is 1.83 bits per heavy atom. The first-order valence-corrected chi connectivity index (χ1v) is 7.02. The highest BCUT2D eigenvalue weighted by Crippen LogP contribution is 2.37. The Bertz CT molecular complexity index is 358. The van der Waals surface area contributed by atoms with Gasteiger partial charge in [-0.25, -0.2) is 0 Å². The Labute approximate surface area is 111 Å². The molecule has 0 radical (unpaired) electrons. The van der Waals surface area contributed by atoms with Crippen LogP contribution in [0.1, 0.15) is 49.1 Å². The normalized spacial score (nSPS) is 23.8. The van der Waals surface area contributed by atoms with Crippen molar-refractivity contribution in [3.8, 4) is 0 Å². The van der Waals surface area contributed by atoms with Crippen molar-refractivity contribution >= 4 is 0 Å². The van der Waals surface area contributed by atoms with Gasteiger partial charge >= 0.3 is 0 Å². The summed E-state index contributed by atoms with van der Waals surface area (Å²) in [7, 11) is 1.74. The van der Waals surface area contributed by atoms with E-state index < -0.39 is 0 Å². The Morgan fingerprint density at radius 3 is 2.39 bits per heavy atom. The summed E-state index contributed by atoms with van der Waals surface area (Å²) in [4.78, 5) is 0. The molecule has 0 aliphatic heterocycles. The van der Waals surface area contributed by atoms with Gasteiger partial charge in [0.15, 0.2) is 0 Å². The molecule has 1 saturated carbocycles. The monoisotopic (exact) mass is 244 g/mol. The van der Waals surface area contributed by atoms with Gasteiger partial charge in [-0.2, -0.15) is 0 Å². The summed E-state index contributed by atoms with van der Waals surface area (Å²) in [6, 6.07) is 8.98. The third-order valence-corrected chi connectivity index (χ3v) is 4.11. The van der Waals surface area contributed by atoms with E-state index in [0.29, 0.717) is 6.61 Å². The van der Waals surface area contributed by atoms with Crippen molar-refractivity contribution in [1.82, 2.24) is 0 Å². The van der Waals surface area contributed by atoms with E-state index in [1.807, 2.05) is 0 Å². The molecule has 0 atom stereocenters. The van der Waals surface area contributed by atoms with Gasteiger partial charge in [0, 0.05) is 7.11 Å². The minimum absolute atomic E-state index is 0.715. The lowest BCUT2D eigenvalue weighted by atomic mass is 9.77. The average Bonchev–Trinajstić information content (AvgIpc) is 2.41. The van der Waals surface area contributed by atoms with Crippen LogP contribution < -0.4 is 0 Å². The molecule has 0 spiro atoms. The van der Waals surface area contributed by atoms with Crippen molar-refractivity contribution in [3.05, 3.63) is 48.0 Å². The van der Waals surface area contributed by atoms with Gasteiger partial charge in [-0.15, -0.1) is 6.58 Å². The highest BCUT2D eigenvalue weighted by atomic mass is 16.5. The Hall–Kier alpha value is -1.08. The van der Waals surface area contributed by atoms with Crippen LogP contribution in [0.4, 0.5) is 0 Å². The van der Waals surface area contributed by atoms with E-state index in [2.05, 4.69) is 36.9 Å². The molecular formula is C17H24O. The zero-order valence-electron chi connectivity index (χ0n) is 11.4. The first kappa shape index (κ1) is 13.4. The van der Waals surface area contributed by atoms with Crippen LogP contribution in [0.15, 0.2) is 36.9 Å². The molecule has 18 heavy (non-hydrogen) atoms. The molecule has 1 aromatic carbocycles. The first-order chi connectivity index (χ1) is 8.83. The molecule has 0 amide bonds. The number of ether oxygens (including phenoxy) is 1. The molecule has 0 aromatic heterocycles. The van der Waals surface area contributed by atoms with Crippen LogP contribution in [0.3, 0.4) is 0 Å². The van der Waals surface area contributed by atoms with Gasteiger partial charge < -0.3 is 4.74 Å². The molecule has 1 heteroatoms. The molecule has 1 aliphatic rings. The second-order valence-electron chi connectivity index (χ2n) is 5.42. The number of allylic oxidation sites excluding steroid dienone is 1. The molecule has 2 rings (SSSR count). The van der Waals surface area contributed by atoms with E-state index in [1.165, 1.54) is 43.2 Å². The van der Waals surface area contributed by atoms with Crippen molar-refractivity contribution in [2.75, 3.05) is 7.11 Å². The third-order valence-electron chi connectivity index (χ3n) is 4.11. The fraction of sp³-hybridized carbons (Fsp3) is 0.529. The molecule has 0 bridgehead atoms. The molecule has 1 aliphatic carbocycles. The summed E-state index contributed by atoms with van der Waals surface area (Å²) >= 11 is 0. The second-order valence-corrected chi connectivity index (χ2v) is 5.42. The van der Waals surface area contributed by atoms with E-state index in [0.717, 1.165) is 11.8 Å². The number of benzene rings is 1. The van der Waals surface area contributed by atoms with E-state index in [-0.39, 0.29) is 0 Å². The van der Waals surface area contributed by atoms with Crippen LogP contribution in [-0.4, -0.2) is 7.11 Å². The summed E-state index contributed by atoms with van der Waals surface area (Å²) in [5.41, 5.74) is 2.77. The fourth-order valence-electron chi connectivity index (χ4n) is 3.02. The van der Waals surface area contributed by atoms with Gasteiger partial charge in [0.1, 0.15) is 0 Å². The van der Waals surface area contributed by atoms with Crippen LogP contribution >= 0.6 is 0 Å². The predicted molar refractivity (Wildman–Crippen MR) is 76.7 cm³/mol. The van der Waals surface area contributed by atoms with E-state index >= 15 is 0 Å². The molecular weight excluding hydrogens is 220 g/mol. The van der Waals surface area contributed by atoms with Crippen molar-refractivity contribution in [2.24, 2.45) is 5.92 Å². The predicted octanol–water partition coefficient (Wildman–Crippen LogP) is 4.68. The topological polar surface area (TPSA) is 9.23 Å².